The number of carbonyl (C=O) groups excluding carboxylic acids is 1. The number of carbonyl (C=O) groups is 1. The highest BCUT2D eigenvalue weighted by molar-refractivity contribution is 5.93. The fraction of sp³-hybridized carbons (Fsp3) is 0.250. The highest BCUT2D eigenvalue weighted by Gasteiger charge is 2.23. The number of benzene rings is 1. The van der Waals surface area contributed by atoms with Crippen molar-refractivity contribution >= 4 is 28.4 Å². The maximum absolute atomic E-state index is 12.4. The average molecular weight is 373 g/mol. The molecule has 0 spiro atoms. The molecule has 1 fully saturated rings. The average Bonchev–Trinajstić information content (AvgIpc) is 3.09. The van der Waals surface area contributed by atoms with Crippen LogP contribution < -0.4 is 10.6 Å². The van der Waals surface area contributed by atoms with E-state index in [2.05, 4.69) is 20.7 Å². The van der Waals surface area contributed by atoms with E-state index in [9.17, 15) is 4.79 Å². The van der Waals surface area contributed by atoms with E-state index in [-0.39, 0.29) is 11.9 Å². The minimum absolute atomic E-state index is 0.00864. The molecule has 2 N–H and O–H groups in total. The Labute approximate surface area is 161 Å². The first-order valence-electron chi connectivity index (χ1n) is 9.41. The molecule has 0 aliphatic carbocycles. The lowest BCUT2D eigenvalue weighted by Crippen LogP contribution is -2.38. The van der Waals surface area contributed by atoms with E-state index in [1.165, 1.54) is 0 Å². The van der Waals surface area contributed by atoms with Gasteiger partial charge < -0.3 is 10.6 Å². The van der Waals surface area contributed by atoms with Crippen LogP contribution in [0.25, 0.3) is 28.1 Å². The largest absolute Gasteiger partial charge is 0.354 e. The number of pyridine rings is 1. The molecule has 8 heteroatoms. The molecule has 4 aromatic rings. The first-order valence-corrected chi connectivity index (χ1v) is 9.41. The van der Waals surface area contributed by atoms with Gasteiger partial charge in [0.2, 0.25) is 17.7 Å². The van der Waals surface area contributed by atoms with Crippen LogP contribution in [-0.2, 0) is 4.79 Å². The summed E-state index contributed by atoms with van der Waals surface area (Å²) in [5.41, 5.74) is 2.17. The number of hydrogen-bond donors (Lipinski definition) is 2. The normalized spacial score (nSPS) is 17.4. The van der Waals surface area contributed by atoms with E-state index in [0.717, 1.165) is 30.2 Å². The molecular formula is C20H19N7O. The topological polar surface area (TPSA) is 97.1 Å². The Kier molecular flexibility index (Phi) is 4.08. The maximum Gasteiger partial charge on any atom is 0.242 e. The van der Waals surface area contributed by atoms with Gasteiger partial charge in [0.15, 0.2) is 5.65 Å². The van der Waals surface area contributed by atoms with Gasteiger partial charge in [0.05, 0.1) is 5.52 Å². The third-order valence-corrected chi connectivity index (χ3v) is 4.91. The highest BCUT2D eigenvalue weighted by atomic mass is 16.2. The Morgan fingerprint density at radius 1 is 1.07 bits per heavy atom. The second kappa shape index (κ2) is 6.88. The minimum Gasteiger partial charge on any atom is -0.354 e. The van der Waals surface area contributed by atoms with Crippen molar-refractivity contribution in [3.63, 3.8) is 0 Å². The van der Waals surface area contributed by atoms with E-state index >= 15 is 0 Å². The number of aromatic nitrogens is 5. The molecule has 0 saturated carbocycles. The van der Waals surface area contributed by atoms with E-state index in [1.54, 1.807) is 10.7 Å². The lowest BCUT2D eigenvalue weighted by molar-refractivity contribution is -0.121. The Bertz CT molecular complexity index is 1160. The molecule has 0 radical (unpaired) electrons. The maximum atomic E-state index is 12.4. The predicted molar refractivity (Wildman–Crippen MR) is 106 cm³/mol. The number of anilines is 1. The summed E-state index contributed by atoms with van der Waals surface area (Å²) in [6.45, 7) is 0.713. The number of fused-ring (bicyclic) bond motifs is 3. The number of nitrogens with one attached hydrogen (secondary N) is 2. The molecule has 8 nitrogen and oxygen atoms in total. The molecule has 1 aromatic carbocycles. The lowest BCUT2D eigenvalue weighted by atomic mass is 10.1. The van der Waals surface area contributed by atoms with Crippen molar-refractivity contribution in [2.45, 2.75) is 25.3 Å². The molecule has 1 amide bonds. The van der Waals surface area contributed by atoms with Crippen molar-refractivity contribution in [2.75, 3.05) is 11.9 Å². The van der Waals surface area contributed by atoms with Crippen LogP contribution in [0.2, 0.25) is 0 Å². The first-order chi connectivity index (χ1) is 13.8. The summed E-state index contributed by atoms with van der Waals surface area (Å²) in [6, 6.07) is 13.1. The molecule has 140 valence electrons. The van der Waals surface area contributed by atoms with Gasteiger partial charge >= 0.3 is 0 Å². The Hall–Kier alpha value is -3.55. The van der Waals surface area contributed by atoms with Gasteiger partial charge in [0.1, 0.15) is 11.7 Å². The summed E-state index contributed by atoms with van der Waals surface area (Å²) in [5, 5.41) is 11.8. The zero-order valence-electron chi connectivity index (χ0n) is 15.2. The second-order valence-electron chi connectivity index (χ2n) is 6.82. The zero-order chi connectivity index (χ0) is 18.9. The van der Waals surface area contributed by atoms with Crippen molar-refractivity contribution in [3.8, 4) is 11.5 Å². The number of para-hydroxylation sites is 1. The van der Waals surface area contributed by atoms with Gasteiger partial charge in [-0.15, -0.1) is 5.10 Å². The van der Waals surface area contributed by atoms with Gasteiger partial charge in [-0.1, -0.05) is 18.2 Å². The highest BCUT2D eigenvalue weighted by Crippen LogP contribution is 2.24. The fourth-order valence-electron chi connectivity index (χ4n) is 3.49. The monoisotopic (exact) mass is 373 g/mol. The van der Waals surface area contributed by atoms with Gasteiger partial charge in [-0.25, -0.2) is 9.97 Å². The van der Waals surface area contributed by atoms with Gasteiger partial charge in [-0.2, -0.15) is 4.52 Å². The summed E-state index contributed by atoms with van der Waals surface area (Å²) in [6.07, 6.45) is 4.43. The minimum atomic E-state index is -0.345. The van der Waals surface area contributed by atoms with Crippen LogP contribution in [0.5, 0.6) is 0 Å². The summed E-state index contributed by atoms with van der Waals surface area (Å²) in [4.78, 5) is 26.2. The van der Waals surface area contributed by atoms with Crippen LogP contribution in [0.4, 0.5) is 5.95 Å². The van der Waals surface area contributed by atoms with E-state index in [0.29, 0.717) is 29.7 Å². The van der Waals surface area contributed by atoms with E-state index < -0.39 is 0 Å². The van der Waals surface area contributed by atoms with Gasteiger partial charge in [0.25, 0.3) is 0 Å². The summed E-state index contributed by atoms with van der Waals surface area (Å²) in [7, 11) is 0. The summed E-state index contributed by atoms with van der Waals surface area (Å²) in [5.74, 6) is 1.02. The Morgan fingerprint density at radius 2 is 1.96 bits per heavy atom. The van der Waals surface area contributed by atoms with E-state index in [1.807, 2.05) is 42.5 Å². The van der Waals surface area contributed by atoms with Crippen molar-refractivity contribution in [2.24, 2.45) is 0 Å². The molecule has 0 bridgehead atoms. The zero-order valence-corrected chi connectivity index (χ0v) is 15.2. The summed E-state index contributed by atoms with van der Waals surface area (Å²) < 4.78 is 1.67. The molecule has 0 unspecified atom stereocenters. The molecule has 28 heavy (non-hydrogen) atoms. The number of amides is 1. The van der Waals surface area contributed by atoms with Gasteiger partial charge in [-0.3, -0.25) is 9.78 Å². The van der Waals surface area contributed by atoms with Crippen LogP contribution >= 0.6 is 0 Å². The van der Waals surface area contributed by atoms with Crippen molar-refractivity contribution in [3.05, 3.63) is 48.7 Å². The summed E-state index contributed by atoms with van der Waals surface area (Å²) >= 11 is 0. The molecule has 4 heterocycles. The van der Waals surface area contributed by atoms with Crippen molar-refractivity contribution in [1.29, 1.82) is 0 Å². The molecule has 5 rings (SSSR count). The Morgan fingerprint density at radius 3 is 2.86 bits per heavy atom. The van der Waals surface area contributed by atoms with Crippen LogP contribution in [0, 0.1) is 0 Å². The van der Waals surface area contributed by atoms with Crippen LogP contribution in [-0.4, -0.2) is 43.1 Å². The number of hydrogen-bond acceptors (Lipinski definition) is 6. The first kappa shape index (κ1) is 16.6. The van der Waals surface area contributed by atoms with Crippen molar-refractivity contribution in [1.82, 2.24) is 29.9 Å². The smallest absolute Gasteiger partial charge is 0.242 e. The third-order valence-electron chi connectivity index (χ3n) is 4.91. The Balaban J connectivity index is 1.66. The molecule has 3 aromatic heterocycles. The van der Waals surface area contributed by atoms with Gasteiger partial charge in [0, 0.05) is 18.1 Å². The molecule has 1 atom stereocenters. The van der Waals surface area contributed by atoms with Gasteiger partial charge in [-0.05, 0) is 43.5 Å². The van der Waals surface area contributed by atoms with Crippen LogP contribution in [0.15, 0.2) is 48.7 Å². The lowest BCUT2D eigenvalue weighted by Gasteiger charge is -2.16. The molecule has 1 aliphatic heterocycles. The standard InChI is InChI=1S/C20H19N7O/c28-19-16(10-4-6-12-22-19)24-20-23-14-8-2-1-7-13(14)18-25-17(26-27(18)20)15-9-3-5-11-21-15/h1-3,5,7-9,11,16H,4,6,10,12H2,(H,22,28)(H,23,24)/t16-/m1/s1. The number of nitrogens with zero attached hydrogens (tertiary/aromatic N) is 5. The molecular weight excluding hydrogens is 354 g/mol. The third kappa shape index (κ3) is 2.92. The van der Waals surface area contributed by atoms with Crippen LogP contribution in [0.3, 0.4) is 0 Å². The number of rotatable bonds is 3. The SMILES string of the molecule is O=C1NCCCC[C@H]1Nc1nc2ccccc2c2nc(-c3ccccn3)nn12. The van der Waals surface area contributed by atoms with Crippen LogP contribution in [0.1, 0.15) is 19.3 Å². The molecule has 1 aliphatic rings. The van der Waals surface area contributed by atoms with Crippen molar-refractivity contribution < 1.29 is 4.79 Å². The molecule has 1 saturated heterocycles. The quantitative estimate of drug-likeness (QED) is 0.572. The fourth-order valence-corrected chi connectivity index (χ4v) is 3.49. The second-order valence-corrected chi connectivity index (χ2v) is 6.82. The van der Waals surface area contributed by atoms with E-state index in [4.69, 9.17) is 9.97 Å². The predicted octanol–water partition coefficient (Wildman–Crippen LogP) is 2.42.